The van der Waals surface area contributed by atoms with Gasteiger partial charge in [0.2, 0.25) is 0 Å². The molecule has 124 valence electrons. The molecule has 1 aliphatic rings. The summed E-state index contributed by atoms with van der Waals surface area (Å²) in [7, 11) is 1.36. The number of hydrogen-bond acceptors (Lipinski definition) is 4. The molecule has 0 N–H and O–H groups in total. The second kappa shape index (κ2) is 7.17. The molecule has 2 aromatic rings. The Morgan fingerprint density at radius 1 is 1.08 bits per heavy atom. The summed E-state index contributed by atoms with van der Waals surface area (Å²) in [6, 6.07) is 14.6. The van der Waals surface area contributed by atoms with Crippen LogP contribution in [0.25, 0.3) is 0 Å². The summed E-state index contributed by atoms with van der Waals surface area (Å²) in [5.41, 5.74) is 2.16. The van der Waals surface area contributed by atoms with E-state index in [1.807, 2.05) is 36.4 Å². The monoisotopic (exact) mass is 325 g/mol. The molecule has 5 heteroatoms. The smallest absolute Gasteiger partial charge is 0.338 e. The Kier molecular flexibility index (Phi) is 4.79. The number of carbonyl (C=O) groups is 2. The molecule has 0 aliphatic carbocycles. The highest BCUT2D eigenvalue weighted by molar-refractivity contribution is 5.99. The number of fused-ring (bicyclic) bond motifs is 1. The van der Waals surface area contributed by atoms with Gasteiger partial charge in [-0.25, -0.2) is 4.79 Å². The maximum atomic E-state index is 12.6. The van der Waals surface area contributed by atoms with Gasteiger partial charge in [-0.3, -0.25) is 4.79 Å². The third kappa shape index (κ3) is 3.25. The normalized spacial score (nSPS) is 13.1. The number of carbonyl (C=O) groups excluding carboxylic acids is 2. The van der Waals surface area contributed by atoms with Crippen molar-refractivity contribution < 1.29 is 19.1 Å². The molecule has 0 unspecified atom stereocenters. The van der Waals surface area contributed by atoms with E-state index in [2.05, 4.69) is 0 Å². The van der Waals surface area contributed by atoms with Gasteiger partial charge in [0.05, 0.1) is 12.7 Å². The lowest BCUT2D eigenvalue weighted by molar-refractivity contribution is -0.120. The molecule has 0 saturated heterocycles. The molecule has 1 aliphatic heterocycles. The minimum atomic E-state index is -0.373. The van der Waals surface area contributed by atoms with Crippen LogP contribution < -0.4 is 9.64 Å². The van der Waals surface area contributed by atoms with Crippen molar-refractivity contribution in [3.05, 3.63) is 59.7 Å². The van der Waals surface area contributed by atoms with Gasteiger partial charge < -0.3 is 14.4 Å². The number of para-hydroxylation sites is 1. The van der Waals surface area contributed by atoms with Crippen LogP contribution in [0.1, 0.15) is 22.3 Å². The molecule has 0 bridgehead atoms. The lowest BCUT2D eigenvalue weighted by Crippen LogP contribution is -2.39. The molecular weight excluding hydrogens is 306 g/mol. The predicted molar refractivity (Wildman–Crippen MR) is 90.4 cm³/mol. The number of benzene rings is 2. The van der Waals surface area contributed by atoms with Crippen LogP contribution in [0.15, 0.2) is 48.5 Å². The van der Waals surface area contributed by atoms with Gasteiger partial charge in [0.25, 0.3) is 5.91 Å². The van der Waals surface area contributed by atoms with Crippen LogP contribution in [0.2, 0.25) is 0 Å². The van der Waals surface area contributed by atoms with Crippen molar-refractivity contribution in [2.45, 2.75) is 12.8 Å². The molecule has 0 fully saturated rings. The van der Waals surface area contributed by atoms with Gasteiger partial charge in [-0.1, -0.05) is 24.3 Å². The zero-order chi connectivity index (χ0) is 16.9. The molecule has 24 heavy (non-hydrogen) atoms. The molecule has 0 radical (unpaired) electrons. The topological polar surface area (TPSA) is 55.8 Å². The van der Waals surface area contributed by atoms with Crippen LogP contribution in [0.3, 0.4) is 0 Å². The van der Waals surface area contributed by atoms with Gasteiger partial charge in [0.1, 0.15) is 5.75 Å². The van der Waals surface area contributed by atoms with Gasteiger partial charge in [-0.05, 0) is 42.7 Å². The Morgan fingerprint density at radius 2 is 1.88 bits per heavy atom. The van der Waals surface area contributed by atoms with E-state index in [0.717, 1.165) is 24.1 Å². The number of amides is 1. The lowest BCUT2D eigenvalue weighted by Gasteiger charge is -2.30. The number of anilines is 1. The molecule has 3 rings (SSSR count). The van der Waals surface area contributed by atoms with E-state index in [0.29, 0.717) is 17.9 Å². The molecule has 0 aromatic heterocycles. The number of ether oxygens (including phenoxy) is 2. The molecule has 0 atom stereocenters. The van der Waals surface area contributed by atoms with Crippen molar-refractivity contribution in [2.75, 3.05) is 25.2 Å². The third-order valence-corrected chi connectivity index (χ3v) is 4.06. The summed E-state index contributed by atoms with van der Waals surface area (Å²) in [6.07, 6.45) is 1.56. The second-order valence-corrected chi connectivity index (χ2v) is 5.55. The fourth-order valence-corrected chi connectivity index (χ4v) is 2.92. The van der Waals surface area contributed by atoms with E-state index < -0.39 is 0 Å². The van der Waals surface area contributed by atoms with E-state index in [1.54, 1.807) is 17.0 Å². The molecule has 1 amide bonds. The summed E-state index contributed by atoms with van der Waals surface area (Å²) in [6.45, 7) is 0.584. The molecule has 0 saturated carbocycles. The summed E-state index contributed by atoms with van der Waals surface area (Å²) in [4.78, 5) is 26.2. The molecular formula is C19H19NO4. The van der Waals surface area contributed by atoms with Crippen LogP contribution >= 0.6 is 0 Å². The van der Waals surface area contributed by atoms with Crippen LogP contribution in [0.5, 0.6) is 5.75 Å². The average molecular weight is 325 g/mol. The Balaban J connectivity index is 1.79. The zero-order valence-corrected chi connectivity index (χ0v) is 13.5. The predicted octanol–water partition coefficient (Wildman–Crippen LogP) is 2.83. The van der Waals surface area contributed by atoms with Crippen LogP contribution in [-0.4, -0.2) is 32.1 Å². The molecule has 0 spiro atoms. The third-order valence-electron chi connectivity index (χ3n) is 4.06. The van der Waals surface area contributed by atoms with Crippen molar-refractivity contribution in [3.63, 3.8) is 0 Å². The largest absolute Gasteiger partial charge is 0.484 e. The number of nitrogens with zero attached hydrogens (tertiary/aromatic N) is 1. The first-order valence-corrected chi connectivity index (χ1v) is 7.89. The van der Waals surface area contributed by atoms with Gasteiger partial charge in [-0.2, -0.15) is 0 Å². The Hall–Kier alpha value is -2.82. The van der Waals surface area contributed by atoms with Crippen molar-refractivity contribution in [2.24, 2.45) is 0 Å². The van der Waals surface area contributed by atoms with Crippen LogP contribution in [0, 0.1) is 0 Å². The summed E-state index contributed by atoms with van der Waals surface area (Å²) in [5, 5.41) is 0. The minimum Gasteiger partial charge on any atom is -0.484 e. The maximum absolute atomic E-state index is 12.6. The lowest BCUT2D eigenvalue weighted by atomic mass is 9.96. The first-order valence-electron chi connectivity index (χ1n) is 7.89. The Morgan fingerprint density at radius 3 is 2.62 bits per heavy atom. The van der Waals surface area contributed by atoms with Crippen molar-refractivity contribution in [1.29, 1.82) is 0 Å². The van der Waals surface area contributed by atoms with Crippen LogP contribution in [-0.2, 0) is 16.0 Å². The van der Waals surface area contributed by atoms with Gasteiger partial charge in [-0.15, -0.1) is 0 Å². The minimum absolute atomic E-state index is 0.0358. The highest BCUT2D eigenvalue weighted by Crippen LogP contribution is 2.30. The highest BCUT2D eigenvalue weighted by Gasteiger charge is 2.26. The van der Waals surface area contributed by atoms with Gasteiger partial charge >= 0.3 is 5.97 Å². The van der Waals surface area contributed by atoms with Crippen molar-refractivity contribution >= 4 is 17.6 Å². The van der Waals surface area contributed by atoms with Gasteiger partial charge in [0.15, 0.2) is 6.61 Å². The zero-order valence-electron chi connectivity index (χ0n) is 13.5. The quantitative estimate of drug-likeness (QED) is 0.811. The SMILES string of the molecule is COC(=O)c1cccc2c1CCCN2C(=O)COc1ccccc1. The van der Waals surface area contributed by atoms with E-state index in [1.165, 1.54) is 7.11 Å². The first kappa shape index (κ1) is 16.1. The molecule has 1 heterocycles. The van der Waals surface area contributed by atoms with Gasteiger partial charge in [0, 0.05) is 12.2 Å². The standard InChI is InChI=1S/C19H19NO4/c1-23-19(22)16-9-5-11-17-15(16)10-6-12-20(17)18(21)13-24-14-7-3-2-4-8-14/h2-5,7-9,11H,6,10,12-13H2,1H3. The fraction of sp³-hybridized carbons (Fsp3) is 0.263. The number of esters is 1. The second-order valence-electron chi connectivity index (χ2n) is 5.55. The van der Waals surface area contributed by atoms with Crippen molar-refractivity contribution in [3.8, 4) is 5.75 Å². The molecule has 5 nitrogen and oxygen atoms in total. The highest BCUT2D eigenvalue weighted by atomic mass is 16.5. The number of hydrogen-bond donors (Lipinski definition) is 0. The van der Waals surface area contributed by atoms with E-state index in [9.17, 15) is 9.59 Å². The average Bonchev–Trinajstić information content (AvgIpc) is 2.65. The summed E-state index contributed by atoms with van der Waals surface area (Å²) in [5.74, 6) is 0.162. The van der Waals surface area contributed by atoms with E-state index in [4.69, 9.17) is 9.47 Å². The van der Waals surface area contributed by atoms with Crippen LogP contribution in [0.4, 0.5) is 5.69 Å². The Labute approximate surface area is 140 Å². The first-order chi connectivity index (χ1) is 11.7. The number of methoxy groups -OCH3 is 1. The van der Waals surface area contributed by atoms with E-state index >= 15 is 0 Å². The summed E-state index contributed by atoms with van der Waals surface area (Å²) < 4.78 is 10.4. The van der Waals surface area contributed by atoms with E-state index in [-0.39, 0.29) is 18.5 Å². The maximum Gasteiger partial charge on any atom is 0.338 e. The summed E-state index contributed by atoms with van der Waals surface area (Å²) >= 11 is 0. The fourth-order valence-electron chi connectivity index (χ4n) is 2.92. The van der Waals surface area contributed by atoms with Crippen molar-refractivity contribution in [1.82, 2.24) is 0 Å². The number of rotatable bonds is 4. The Bertz CT molecular complexity index is 742. The molecule has 2 aromatic carbocycles.